The average Bonchev–Trinajstić information content (AvgIpc) is 3.40. The molecule has 38 heavy (non-hydrogen) atoms. The number of carbonyl (C=O) groups is 4. The van der Waals surface area contributed by atoms with E-state index in [9.17, 15) is 23.6 Å². The Morgan fingerprint density at radius 3 is 2.24 bits per heavy atom. The molecule has 3 aliphatic rings. The van der Waals surface area contributed by atoms with E-state index in [2.05, 4.69) is 15.9 Å². The summed E-state index contributed by atoms with van der Waals surface area (Å²) in [5.41, 5.74) is 1.37. The zero-order valence-electron chi connectivity index (χ0n) is 19.8. The lowest BCUT2D eigenvalue weighted by molar-refractivity contribution is -0.123. The normalized spacial score (nSPS) is 23.8. The lowest BCUT2D eigenvalue weighted by atomic mass is 9.85. The van der Waals surface area contributed by atoms with E-state index in [1.54, 1.807) is 71.8 Å². The van der Waals surface area contributed by atoms with Crippen LogP contribution in [-0.4, -0.2) is 40.4 Å². The molecule has 0 bridgehead atoms. The first kappa shape index (κ1) is 24.2. The summed E-state index contributed by atoms with van der Waals surface area (Å²) in [7, 11) is 0. The van der Waals surface area contributed by atoms with E-state index < -0.39 is 41.6 Å². The minimum absolute atomic E-state index is 0.117. The van der Waals surface area contributed by atoms with Crippen LogP contribution in [0.4, 0.5) is 10.1 Å². The first-order valence-corrected chi connectivity index (χ1v) is 12.8. The van der Waals surface area contributed by atoms with Crippen molar-refractivity contribution in [2.45, 2.75) is 12.1 Å². The maximum Gasteiger partial charge on any atom is 0.240 e. The Balaban J connectivity index is 1.44. The van der Waals surface area contributed by atoms with Crippen molar-refractivity contribution in [2.24, 2.45) is 11.8 Å². The van der Waals surface area contributed by atoms with Crippen molar-refractivity contribution in [3.63, 3.8) is 0 Å². The summed E-state index contributed by atoms with van der Waals surface area (Å²) in [6.45, 7) is 0. The van der Waals surface area contributed by atoms with Crippen LogP contribution in [0.25, 0.3) is 0 Å². The number of ketones is 2. The molecule has 2 amide bonds. The number of imide groups is 1. The van der Waals surface area contributed by atoms with Crippen LogP contribution in [0.2, 0.25) is 0 Å². The standard InChI is InChI=1S/C30H20BrFN2O4/c31-20-11-9-18(10-12-20)28(36)26-25-24(29(37)34(30(25)38)22-8-4-7-21(32)16-22)23-15-19(13-14-33(23)26)27(35)17-5-2-1-3-6-17/h1-16,23-26H. The molecule has 3 aromatic rings. The molecule has 8 heteroatoms. The Labute approximate surface area is 226 Å². The summed E-state index contributed by atoms with van der Waals surface area (Å²) in [6.07, 6.45) is 4.92. The van der Waals surface area contributed by atoms with E-state index in [-0.39, 0.29) is 17.3 Å². The Morgan fingerprint density at radius 2 is 1.53 bits per heavy atom. The summed E-state index contributed by atoms with van der Waals surface area (Å²) in [5, 5.41) is 0. The van der Waals surface area contributed by atoms with Crippen LogP contribution in [0.5, 0.6) is 0 Å². The number of rotatable bonds is 5. The van der Waals surface area contributed by atoms with Gasteiger partial charge in [0, 0.05) is 27.4 Å². The van der Waals surface area contributed by atoms with Gasteiger partial charge in [0.05, 0.1) is 23.6 Å². The van der Waals surface area contributed by atoms with Crippen molar-refractivity contribution in [1.29, 1.82) is 0 Å². The van der Waals surface area contributed by atoms with Crippen molar-refractivity contribution in [3.05, 3.63) is 124 Å². The maximum atomic E-state index is 14.0. The first-order valence-electron chi connectivity index (χ1n) is 12.1. The van der Waals surface area contributed by atoms with Crippen molar-refractivity contribution >= 4 is 45.0 Å². The number of carbonyl (C=O) groups excluding carboxylic acids is 4. The van der Waals surface area contributed by atoms with Gasteiger partial charge in [0.2, 0.25) is 11.8 Å². The van der Waals surface area contributed by atoms with Crippen LogP contribution in [0.3, 0.4) is 0 Å². The topological polar surface area (TPSA) is 74.8 Å². The molecule has 0 radical (unpaired) electrons. The minimum Gasteiger partial charge on any atom is -0.359 e. The number of halogens is 2. The second-order valence-corrected chi connectivity index (χ2v) is 10.3. The second kappa shape index (κ2) is 9.29. The third-order valence-electron chi connectivity index (χ3n) is 7.31. The van der Waals surface area contributed by atoms with Gasteiger partial charge in [-0.2, -0.15) is 0 Å². The molecule has 4 atom stereocenters. The van der Waals surface area contributed by atoms with E-state index in [1.165, 1.54) is 18.2 Å². The van der Waals surface area contributed by atoms with Gasteiger partial charge in [-0.3, -0.25) is 19.2 Å². The predicted molar refractivity (Wildman–Crippen MR) is 142 cm³/mol. The van der Waals surface area contributed by atoms with Gasteiger partial charge < -0.3 is 4.90 Å². The zero-order valence-corrected chi connectivity index (χ0v) is 21.4. The lowest BCUT2D eigenvalue weighted by Gasteiger charge is -2.32. The summed E-state index contributed by atoms with van der Waals surface area (Å²) in [4.78, 5) is 57.2. The Bertz CT molecular complexity index is 1550. The third-order valence-corrected chi connectivity index (χ3v) is 7.84. The van der Waals surface area contributed by atoms with Crippen LogP contribution in [0.15, 0.2) is 107 Å². The summed E-state index contributed by atoms with van der Waals surface area (Å²) < 4.78 is 14.8. The van der Waals surface area contributed by atoms with Gasteiger partial charge in [-0.15, -0.1) is 0 Å². The fourth-order valence-electron chi connectivity index (χ4n) is 5.61. The monoisotopic (exact) mass is 570 g/mol. The molecule has 0 aliphatic carbocycles. The molecule has 2 saturated heterocycles. The smallest absolute Gasteiger partial charge is 0.240 e. The molecule has 0 spiro atoms. The van der Waals surface area contributed by atoms with Gasteiger partial charge in [0.1, 0.15) is 11.9 Å². The zero-order chi connectivity index (χ0) is 26.6. The Hall–Kier alpha value is -4.17. The van der Waals surface area contributed by atoms with Crippen LogP contribution in [-0.2, 0) is 9.59 Å². The number of nitrogens with zero attached hydrogens (tertiary/aromatic N) is 2. The number of anilines is 1. The molecule has 6 rings (SSSR count). The Morgan fingerprint density at radius 1 is 0.816 bits per heavy atom. The number of allylic oxidation sites excluding steroid dienone is 2. The third kappa shape index (κ3) is 3.83. The van der Waals surface area contributed by atoms with Gasteiger partial charge in [0.15, 0.2) is 11.6 Å². The van der Waals surface area contributed by atoms with Gasteiger partial charge in [-0.05, 0) is 36.4 Å². The van der Waals surface area contributed by atoms with E-state index in [1.807, 2.05) is 6.07 Å². The molecule has 188 valence electrons. The van der Waals surface area contributed by atoms with Gasteiger partial charge in [0.25, 0.3) is 0 Å². The number of benzene rings is 3. The van der Waals surface area contributed by atoms with Crippen LogP contribution < -0.4 is 4.90 Å². The van der Waals surface area contributed by atoms with Crippen molar-refractivity contribution in [2.75, 3.05) is 4.90 Å². The second-order valence-electron chi connectivity index (χ2n) is 9.43. The highest BCUT2D eigenvalue weighted by molar-refractivity contribution is 9.10. The average molecular weight is 571 g/mol. The summed E-state index contributed by atoms with van der Waals surface area (Å²) in [6, 6.07) is 19.1. The highest BCUT2D eigenvalue weighted by Gasteiger charge is 2.63. The van der Waals surface area contributed by atoms with E-state index >= 15 is 0 Å². The quantitative estimate of drug-likeness (QED) is 0.320. The van der Waals surface area contributed by atoms with E-state index in [0.717, 1.165) is 15.4 Å². The highest BCUT2D eigenvalue weighted by Crippen LogP contribution is 2.47. The number of Topliss-reactive ketones (excluding diaryl/α,β-unsaturated/α-hetero) is 2. The number of hydrogen-bond donors (Lipinski definition) is 0. The van der Waals surface area contributed by atoms with Crippen LogP contribution in [0, 0.1) is 17.7 Å². The SMILES string of the molecule is O=C(C1=CC2C3C(=O)N(c4cccc(F)c4)C(=O)C3C(C(=O)c3ccc(Br)cc3)N2C=C1)c1ccccc1. The fourth-order valence-corrected chi connectivity index (χ4v) is 5.87. The van der Waals surface area contributed by atoms with Gasteiger partial charge in [-0.25, -0.2) is 9.29 Å². The molecular weight excluding hydrogens is 551 g/mol. The number of hydrogen-bond acceptors (Lipinski definition) is 5. The molecule has 0 aromatic heterocycles. The first-order chi connectivity index (χ1) is 18.3. The molecule has 2 fully saturated rings. The molecular formula is C30H20BrFN2O4. The number of fused-ring (bicyclic) bond motifs is 3. The van der Waals surface area contributed by atoms with Crippen LogP contribution in [0.1, 0.15) is 20.7 Å². The maximum absolute atomic E-state index is 14.0. The van der Waals surface area contributed by atoms with Crippen molar-refractivity contribution < 1.29 is 23.6 Å². The lowest BCUT2D eigenvalue weighted by Crippen LogP contribution is -2.46. The largest absolute Gasteiger partial charge is 0.359 e. The van der Waals surface area contributed by atoms with Crippen LogP contribution >= 0.6 is 15.9 Å². The fraction of sp³-hybridized carbons (Fsp3) is 0.133. The van der Waals surface area contributed by atoms with Gasteiger partial charge >= 0.3 is 0 Å². The van der Waals surface area contributed by atoms with Crippen molar-refractivity contribution in [3.8, 4) is 0 Å². The predicted octanol–water partition coefficient (Wildman–Crippen LogP) is 4.97. The molecule has 0 N–H and O–H groups in total. The van der Waals surface area contributed by atoms with Gasteiger partial charge in [-0.1, -0.05) is 70.5 Å². The molecule has 4 unspecified atom stereocenters. The minimum atomic E-state index is -1.00. The summed E-state index contributed by atoms with van der Waals surface area (Å²) in [5.74, 6) is -4.12. The molecule has 3 aromatic carbocycles. The molecule has 0 saturated carbocycles. The van der Waals surface area contributed by atoms with Crippen molar-refractivity contribution in [1.82, 2.24) is 4.90 Å². The Kier molecular flexibility index (Phi) is 5.91. The van der Waals surface area contributed by atoms with E-state index in [4.69, 9.17) is 0 Å². The number of amides is 2. The molecule has 3 heterocycles. The molecule has 6 nitrogen and oxygen atoms in total. The summed E-state index contributed by atoms with van der Waals surface area (Å²) >= 11 is 3.37. The van der Waals surface area contributed by atoms with E-state index in [0.29, 0.717) is 16.7 Å². The highest BCUT2D eigenvalue weighted by atomic mass is 79.9. The molecule has 3 aliphatic heterocycles.